The molecule has 2 aliphatic carbocycles. The number of aryl methyl sites for hydroxylation is 1. The zero-order chi connectivity index (χ0) is 15.5. The molecule has 3 rings (SSSR count). The highest BCUT2D eigenvalue weighted by atomic mass is 16.3. The molecule has 1 aromatic rings. The van der Waals surface area contributed by atoms with Crippen molar-refractivity contribution >= 4 is 0 Å². The summed E-state index contributed by atoms with van der Waals surface area (Å²) in [5.41, 5.74) is 1.33. The average Bonchev–Trinajstić information content (AvgIpc) is 2.55. The standard InChI is InChI=1S/C20H30O2/c21-19(12-3-1-4-13-19)16-11-17-7-9-18(10-8-17)20(22)14-5-2-6-15-20/h7-10,21-22H,1-6,11-16H2. The van der Waals surface area contributed by atoms with Crippen LogP contribution in [-0.4, -0.2) is 15.8 Å². The van der Waals surface area contributed by atoms with Gasteiger partial charge >= 0.3 is 0 Å². The Hall–Kier alpha value is -0.860. The quantitative estimate of drug-likeness (QED) is 0.861. The van der Waals surface area contributed by atoms with Crippen LogP contribution >= 0.6 is 0 Å². The van der Waals surface area contributed by atoms with Crippen LogP contribution in [0, 0.1) is 0 Å². The molecule has 0 unspecified atom stereocenters. The molecule has 2 nitrogen and oxygen atoms in total. The smallest absolute Gasteiger partial charge is 0.0896 e. The van der Waals surface area contributed by atoms with Gasteiger partial charge in [-0.25, -0.2) is 0 Å². The van der Waals surface area contributed by atoms with Crippen molar-refractivity contribution in [3.63, 3.8) is 0 Å². The van der Waals surface area contributed by atoms with Crippen molar-refractivity contribution in [1.29, 1.82) is 0 Å². The minimum absolute atomic E-state index is 0.432. The largest absolute Gasteiger partial charge is 0.390 e. The first-order valence-corrected chi connectivity index (χ1v) is 9.14. The molecule has 0 saturated heterocycles. The van der Waals surface area contributed by atoms with Crippen molar-refractivity contribution < 1.29 is 10.2 Å². The van der Waals surface area contributed by atoms with E-state index in [-0.39, 0.29) is 0 Å². The van der Waals surface area contributed by atoms with E-state index in [4.69, 9.17) is 0 Å². The molecule has 1 aromatic carbocycles. The van der Waals surface area contributed by atoms with Crippen LogP contribution < -0.4 is 0 Å². The van der Waals surface area contributed by atoms with E-state index in [9.17, 15) is 10.2 Å². The molecule has 0 heterocycles. The van der Waals surface area contributed by atoms with Gasteiger partial charge < -0.3 is 10.2 Å². The zero-order valence-corrected chi connectivity index (χ0v) is 13.7. The second-order valence-electron chi connectivity index (χ2n) is 7.57. The van der Waals surface area contributed by atoms with Crippen LogP contribution in [0.3, 0.4) is 0 Å². The van der Waals surface area contributed by atoms with Crippen molar-refractivity contribution in [3.05, 3.63) is 35.4 Å². The van der Waals surface area contributed by atoms with E-state index in [1.807, 2.05) is 0 Å². The van der Waals surface area contributed by atoms with E-state index in [2.05, 4.69) is 24.3 Å². The molecular formula is C20H30O2. The highest BCUT2D eigenvalue weighted by molar-refractivity contribution is 5.28. The van der Waals surface area contributed by atoms with Gasteiger partial charge in [0.25, 0.3) is 0 Å². The summed E-state index contributed by atoms with van der Waals surface area (Å²) in [7, 11) is 0. The number of hydrogen-bond acceptors (Lipinski definition) is 2. The van der Waals surface area contributed by atoms with Crippen molar-refractivity contribution in [2.24, 2.45) is 0 Å². The molecule has 0 radical (unpaired) electrons. The maximum atomic E-state index is 10.8. The van der Waals surface area contributed by atoms with Gasteiger partial charge in [0.05, 0.1) is 11.2 Å². The van der Waals surface area contributed by atoms with E-state index in [1.165, 1.54) is 31.2 Å². The van der Waals surface area contributed by atoms with Gasteiger partial charge in [0, 0.05) is 0 Å². The van der Waals surface area contributed by atoms with E-state index in [0.29, 0.717) is 0 Å². The van der Waals surface area contributed by atoms with Crippen LogP contribution in [0.2, 0.25) is 0 Å². The SMILES string of the molecule is OC1(CCc2ccc(C3(O)CCCCC3)cc2)CCCCC1. The second kappa shape index (κ2) is 6.72. The van der Waals surface area contributed by atoms with Crippen LogP contribution in [-0.2, 0) is 12.0 Å². The van der Waals surface area contributed by atoms with Gasteiger partial charge in [-0.2, -0.15) is 0 Å². The molecule has 2 fully saturated rings. The van der Waals surface area contributed by atoms with Gasteiger partial charge in [0.1, 0.15) is 0 Å². The minimum atomic E-state index is -0.599. The molecule has 2 saturated carbocycles. The second-order valence-corrected chi connectivity index (χ2v) is 7.57. The van der Waals surface area contributed by atoms with E-state index >= 15 is 0 Å². The molecular weight excluding hydrogens is 272 g/mol. The third-order valence-electron chi connectivity index (χ3n) is 5.84. The minimum Gasteiger partial charge on any atom is -0.390 e. The van der Waals surface area contributed by atoms with Crippen LogP contribution in [0.15, 0.2) is 24.3 Å². The molecule has 0 bridgehead atoms. The Bertz CT molecular complexity index is 465. The Morgan fingerprint density at radius 2 is 1.27 bits per heavy atom. The molecule has 2 N–H and O–H groups in total. The van der Waals surface area contributed by atoms with Crippen molar-refractivity contribution in [2.45, 2.75) is 88.3 Å². The van der Waals surface area contributed by atoms with E-state index in [1.54, 1.807) is 0 Å². The first-order chi connectivity index (χ1) is 10.6. The van der Waals surface area contributed by atoms with Crippen LogP contribution in [0.25, 0.3) is 0 Å². The lowest BCUT2D eigenvalue weighted by molar-refractivity contribution is -0.00378. The van der Waals surface area contributed by atoms with Crippen LogP contribution in [0.4, 0.5) is 0 Å². The van der Waals surface area contributed by atoms with E-state index in [0.717, 1.165) is 56.9 Å². The summed E-state index contributed by atoms with van der Waals surface area (Å²) in [4.78, 5) is 0. The summed E-state index contributed by atoms with van der Waals surface area (Å²) < 4.78 is 0. The predicted octanol–water partition coefficient (Wildman–Crippen LogP) is 4.47. The summed E-state index contributed by atoms with van der Waals surface area (Å²) in [5.74, 6) is 0. The highest BCUT2D eigenvalue weighted by Crippen LogP contribution is 2.37. The lowest BCUT2D eigenvalue weighted by Gasteiger charge is -2.33. The molecule has 0 amide bonds. The van der Waals surface area contributed by atoms with Gasteiger partial charge in [-0.15, -0.1) is 0 Å². The van der Waals surface area contributed by atoms with Crippen LogP contribution in [0.5, 0.6) is 0 Å². The third-order valence-corrected chi connectivity index (χ3v) is 5.84. The molecule has 0 aliphatic heterocycles. The summed E-state index contributed by atoms with van der Waals surface area (Å²) >= 11 is 0. The topological polar surface area (TPSA) is 40.5 Å². The number of benzene rings is 1. The molecule has 0 spiro atoms. The Morgan fingerprint density at radius 3 is 1.86 bits per heavy atom. The summed E-state index contributed by atoms with van der Waals surface area (Å²) in [6.45, 7) is 0. The number of aliphatic hydroxyl groups is 2. The number of hydrogen-bond donors (Lipinski definition) is 2. The Balaban J connectivity index is 1.59. The van der Waals surface area contributed by atoms with Gasteiger partial charge in [-0.3, -0.25) is 0 Å². The van der Waals surface area contributed by atoms with Crippen molar-refractivity contribution in [2.75, 3.05) is 0 Å². The lowest BCUT2D eigenvalue weighted by Crippen LogP contribution is -2.31. The third kappa shape index (κ3) is 3.72. The van der Waals surface area contributed by atoms with Gasteiger partial charge in [0.15, 0.2) is 0 Å². The molecule has 122 valence electrons. The predicted molar refractivity (Wildman–Crippen MR) is 89.8 cm³/mol. The Morgan fingerprint density at radius 1 is 0.727 bits per heavy atom. The Kier molecular flexibility index (Phi) is 4.89. The number of rotatable bonds is 4. The summed E-state index contributed by atoms with van der Waals surface area (Å²) in [6, 6.07) is 8.50. The summed E-state index contributed by atoms with van der Waals surface area (Å²) in [6.07, 6.45) is 12.6. The van der Waals surface area contributed by atoms with Crippen molar-refractivity contribution in [1.82, 2.24) is 0 Å². The fourth-order valence-electron chi connectivity index (χ4n) is 4.24. The molecule has 2 aliphatic rings. The maximum Gasteiger partial charge on any atom is 0.0896 e. The van der Waals surface area contributed by atoms with Gasteiger partial charge in [-0.05, 0) is 49.7 Å². The highest BCUT2D eigenvalue weighted by Gasteiger charge is 2.31. The van der Waals surface area contributed by atoms with Crippen LogP contribution in [0.1, 0.15) is 81.8 Å². The summed E-state index contributed by atoms with van der Waals surface area (Å²) in [5, 5.41) is 21.4. The average molecular weight is 302 g/mol. The fourth-order valence-corrected chi connectivity index (χ4v) is 4.24. The van der Waals surface area contributed by atoms with Crippen molar-refractivity contribution in [3.8, 4) is 0 Å². The molecule has 0 aromatic heterocycles. The molecule has 2 heteroatoms. The van der Waals surface area contributed by atoms with Gasteiger partial charge in [0.2, 0.25) is 0 Å². The molecule has 22 heavy (non-hydrogen) atoms. The molecule has 0 atom stereocenters. The monoisotopic (exact) mass is 302 g/mol. The first kappa shape index (κ1) is 16.0. The van der Waals surface area contributed by atoms with Gasteiger partial charge in [-0.1, -0.05) is 62.8 Å². The van der Waals surface area contributed by atoms with E-state index < -0.39 is 11.2 Å². The first-order valence-electron chi connectivity index (χ1n) is 9.14. The zero-order valence-electron chi connectivity index (χ0n) is 13.7. The maximum absolute atomic E-state index is 10.8. The lowest BCUT2D eigenvalue weighted by atomic mass is 9.79. The Labute approximate surface area is 134 Å². The fraction of sp³-hybridized carbons (Fsp3) is 0.700. The normalized spacial score (nSPS) is 24.1.